The summed E-state index contributed by atoms with van der Waals surface area (Å²) in [5.74, 6) is 0.336. The van der Waals surface area contributed by atoms with Crippen molar-refractivity contribution in [2.45, 2.75) is 20.3 Å². The van der Waals surface area contributed by atoms with Gasteiger partial charge in [0.05, 0.1) is 4.47 Å². The van der Waals surface area contributed by atoms with E-state index >= 15 is 0 Å². The molecule has 0 heterocycles. The average Bonchev–Trinajstić information content (AvgIpc) is 2.09. The maximum atomic E-state index is 9.79. The normalized spacial score (nSPS) is 10.5. The molecule has 0 spiro atoms. The number of benzene rings is 1. The van der Waals surface area contributed by atoms with E-state index in [1.165, 1.54) is 0 Å². The summed E-state index contributed by atoms with van der Waals surface area (Å²) in [5.41, 5.74) is 8.56. The highest BCUT2D eigenvalue weighted by atomic mass is 79.9. The predicted octanol–water partition coefficient (Wildman–Crippen LogP) is 2.27. The summed E-state index contributed by atoms with van der Waals surface area (Å²) in [6.45, 7) is 4.51. The van der Waals surface area contributed by atoms with Gasteiger partial charge in [0, 0.05) is 0 Å². The summed E-state index contributed by atoms with van der Waals surface area (Å²) < 4.78 is 0.779. The highest BCUT2D eigenvalue weighted by Gasteiger charge is 2.10. The van der Waals surface area contributed by atoms with Crippen molar-refractivity contribution in [3.63, 3.8) is 0 Å². The molecule has 3 heteroatoms. The molecule has 0 radical (unpaired) electrons. The van der Waals surface area contributed by atoms with E-state index in [-0.39, 0.29) is 0 Å². The molecule has 0 unspecified atom stereocenters. The van der Waals surface area contributed by atoms with Gasteiger partial charge in [-0.05, 0) is 59.4 Å². The van der Waals surface area contributed by atoms with Crippen molar-refractivity contribution in [3.05, 3.63) is 27.2 Å². The number of hydrogen-bond acceptors (Lipinski definition) is 2. The molecule has 0 aliphatic heterocycles. The van der Waals surface area contributed by atoms with Gasteiger partial charge in [-0.3, -0.25) is 0 Å². The predicted molar refractivity (Wildman–Crippen MR) is 58.0 cm³/mol. The quantitative estimate of drug-likeness (QED) is 0.838. The molecule has 1 aromatic rings. The molecule has 0 aromatic heterocycles. The first kappa shape index (κ1) is 10.5. The maximum absolute atomic E-state index is 9.79. The van der Waals surface area contributed by atoms with Crippen LogP contribution in [-0.4, -0.2) is 11.7 Å². The molecule has 0 amide bonds. The van der Waals surface area contributed by atoms with Crippen molar-refractivity contribution in [2.75, 3.05) is 6.54 Å². The number of phenolic OH excluding ortho intramolecular Hbond substituents is 1. The van der Waals surface area contributed by atoms with E-state index in [1.54, 1.807) is 0 Å². The van der Waals surface area contributed by atoms with E-state index in [0.29, 0.717) is 12.3 Å². The van der Waals surface area contributed by atoms with Crippen LogP contribution in [0, 0.1) is 13.8 Å². The SMILES string of the molecule is Cc1cc(C)c(CCN)c(O)c1Br. The van der Waals surface area contributed by atoms with Gasteiger partial charge in [0.2, 0.25) is 0 Å². The van der Waals surface area contributed by atoms with Gasteiger partial charge in [-0.25, -0.2) is 0 Å². The molecule has 13 heavy (non-hydrogen) atoms. The highest BCUT2D eigenvalue weighted by Crippen LogP contribution is 2.33. The molecule has 0 bridgehead atoms. The standard InChI is InChI=1S/C10H14BrNO/c1-6-5-7(2)9(11)10(13)8(6)3-4-12/h5,13H,3-4,12H2,1-2H3. The smallest absolute Gasteiger partial charge is 0.133 e. The molecule has 0 fully saturated rings. The zero-order valence-corrected chi connectivity index (χ0v) is 9.48. The molecule has 1 rings (SSSR count). The Kier molecular flexibility index (Phi) is 3.33. The second-order valence-corrected chi connectivity index (χ2v) is 3.98. The fraction of sp³-hybridized carbons (Fsp3) is 0.400. The van der Waals surface area contributed by atoms with Crippen LogP contribution in [0.25, 0.3) is 0 Å². The number of rotatable bonds is 2. The molecule has 0 aliphatic carbocycles. The van der Waals surface area contributed by atoms with Crippen LogP contribution in [0.3, 0.4) is 0 Å². The van der Waals surface area contributed by atoms with Gasteiger partial charge >= 0.3 is 0 Å². The van der Waals surface area contributed by atoms with Gasteiger partial charge < -0.3 is 10.8 Å². The lowest BCUT2D eigenvalue weighted by Crippen LogP contribution is -2.05. The Labute approximate surface area is 86.9 Å². The van der Waals surface area contributed by atoms with Gasteiger partial charge in [0.15, 0.2) is 0 Å². The first-order valence-corrected chi connectivity index (χ1v) is 5.04. The zero-order chi connectivity index (χ0) is 10.0. The maximum Gasteiger partial charge on any atom is 0.133 e. The Balaban J connectivity index is 3.26. The average molecular weight is 244 g/mol. The molecule has 0 saturated carbocycles. The molecule has 0 aliphatic rings. The minimum absolute atomic E-state index is 0.336. The fourth-order valence-electron chi connectivity index (χ4n) is 1.44. The van der Waals surface area contributed by atoms with Gasteiger partial charge in [0.1, 0.15) is 5.75 Å². The van der Waals surface area contributed by atoms with Crippen LogP contribution in [-0.2, 0) is 6.42 Å². The topological polar surface area (TPSA) is 46.2 Å². The Morgan fingerprint density at radius 3 is 2.54 bits per heavy atom. The van der Waals surface area contributed by atoms with Crippen molar-refractivity contribution < 1.29 is 5.11 Å². The van der Waals surface area contributed by atoms with Crippen LogP contribution in [0.2, 0.25) is 0 Å². The van der Waals surface area contributed by atoms with E-state index in [0.717, 1.165) is 27.6 Å². The van der Waals surface area contributed by atoms with Crippen LogP contribution < -0.4 is 5.73 Å². The molecular formula is C10H14BrNO. The van der Waals surface area contributed by atoms with E-state index in [4.69, 9.17) is 5.73 Å². The number of halogens is 1. The molecule has 72 valence electrons. The number of aromatic hydroxyl groups is 1. The first-order chi connectivity index (χ1) is 6.07. The lowest BCUT2D eigenvalue weighted by molar-refractivity contribution is 0.463. The van der Waals surface area contributed by atoms with Crippen LogP contribution in [0.1, 0.15) is 16.7 Å². The Hall–Kier alpha value is -0.540. The number of phenols is 1. The van der Waals surface area contributed by atoms with Gasteiger partial charge in [0.25, 0.3) is 0 Å². The van der Waals surface area contributed by atoms with Crippen molar-refractivity contribution in [1.29, 1.82) is 0 Å². The van der Waals surface area contributed by atoms with Crippen LogP contribution >= 0.6 is 15.9 Å². The molecular weight excluding hydrogens is 230 g/mol. The van der Waals surface area contributed by atoms with Gasteiger partial charge in [-0.15, -0.1) is 0 Å². The third-order valence-corrected chi connectivity index (χ3v) is 3.14. The highest BCUT2D eigenvalue weighted by molar-refractivity contribution is 9.10. The van der Waals surface area contributed by atoms with E-state index in [2.05, 4.69) is 22.0 Å². The summed E-state index contributed by atoms with van der Waals surface area (Å²) in [5, 5.41) is 9.79. The lowest BCUT2D eigenvalue weighted by atomic mass is 10.0. The molecule has 0 saturated heterocycles. The van der Waals surface area contributed by atoms with Crippen molar-refractivity contribution in [2.24, 2.45) is 5.73 Å². The second kappa shape index (κ2) is 4.11. The summed E-state index contributed by atoms with van der Waals surface area (Å²) in [6.07, 6.45) is 0.719. The van der Waals surface area contributed by atoms with E-state index < -0.39 is 0 Å². The minimum Gasteiger partial charge on any atom is -0.506 e. The first-order valence-electron chi connectivity index (χ1n) is 4.25. The monoisotopic (exact) mass is 243 g/mol. The van der Waals surface area contributed by atoms with Crippen molar-refractivity contribution in [3.8, 4) is 5.75 Å². The summed E-state index contributed by atoms with van der Waals surface area (Å²) in [7, 11) is 0. The number of aryl methyl sites for hydroxylation is 2. The van der Waals surface area contributed by atoms with Crippen LogP contribution in [0.15, 0.2) is 10.5 Å². The van der Waals surface area contributed by atoms with E-state index in [1.807, 2.05) is 13.8 Å². The van der Waals surface area contributed by atoms with E-state index in [9.17, 15) is 5.11 Å². The van der Waals surface area contributed by atoms with Crippen molar-refractivity contribution >= 4 is 15.9 Å². The second-order valence-electron chi connectivity index (χ2n) is 3.19. The van der Waals surface area contributed by atoms with Gasteiger partial charge in [-0.2, -0.15) is 0 Å². The molecule has 2 nitrogen and oxygen atoms in total. The number of hydrogen-bond donors (Lipinski definition) is 2. The minimum atomic E-state index is 0.336. The summed E-state index contributed by atoms with van der Waals surface area (Å²) in [4.78, 5) is 0. The largest absolute Gasteiger partial charge is 0.506 e. The third-order valence-electron chi connectivity index (χ3n) is 2.14. The Bertz CT molecular complexity index is 323. The van der Waals surface area contributed by atoms with Gasteiger partial charge in [-0.1, -0.05) is 6.07 Å². The Morgan fingerprint density at radius 2 is 2.00 bits per heavy atom. The molecule has 1 aromatic carbocycles. The van der Waals surface area contributed by atoms with Crippen LogP contribution in [0.4, 0.5) is 0 Å². The molecule has 3 N–H and O–H groups in total. The van der Waals surface area contributed by atoms with Crippen LogP contribution in [0.5, 0.6) is 5.75 Å². The zero-order valence-electron chi connectivity index (χ0n) is 7.89. The lowest BCUT2D eigenvalue weighted by Gasteiger charge is -2.11. The number of nitrogens with two attached hydrogens (primary N) is 1. The van der Waals surface area contributed by atoms with Crippen molar-refractivity contribution in [1.82, 2.24) is 0 Å². The fourth-order valence-corrected chi connectivity index (χ4v) is 1.79. The summed E-state index contributed by atoms with van der Waals surface area (Å²) in [6, 6.07) is 2.05. The third kappa shape index (κ3) is 2.03. The summed E-state index contributed by atoms with van der Waals surface area (Å²) >= 11 is 3.34. The molecule has 0 atom stereocenters. The Morgan fingerprint density at radius 1 is 1.38 bits per heavy atom.